The summed E-state index contributed by atoms with van der Waals surface area (Å²) in [7, 11) is 0. The molecule has 14 heteroatoms. The molecule has 0 aromatic rings. The van der Waals surface area contributed by atoms with Crippen molar-refractivity contribution in [2.75, 3.05) is 13.2 Å². The maximum atomic E-state index is 12.0. The number of esters is 7. The maximum absolute atomic E-state index is 12.0. The highest BCUT2D eigenvalue weighted by Gasteiger charge is 2.55. The molecule has 8 unspecified atom stereocenters. The first kappa shape index (κ1) is 67.4. The summed E-state index contributed by atoms with van der Waals surface area (Å²) in [6, 6.07) is 0. The number of ether oxygens (including phenoxy) is 7. The van der Waals surface area contributed by atoms with Crippen molar-refractivity contribution in [3.05, 3.63) is 0 Å². The summed E-state index contributed by atoms with van der Waals surface area (Å²) >= 11 is 0. The molecule has 0 spiro atoms. The number of carbonyl (C=O) groups excluding carboxylic acids is 7. The Hall–Kier alpha value is -3.71. The second-order valence-corrected chi connectivity index (χ2v) is 28.0. The molecule has 0 saturated heterocycles. The van der Waals surface area contributed by atoms with Crippen LogP contribution in [0.2, 0.25) is 0 Å². The van der Waals surface area contributed by atoms with Gasteiger partial charge in [0.2, 0.25) is 0 Å². The molecule has 12 aliphatic carbocycles. The Morgan fingerprint density at radius 3 is 1.09 bits per heavy atom. The van der Waals surface area contributed by atoms with Crippen LogP contribution in [0.4, 0.5) is 0 Å². The van der Waals surface area contributed by atoms with Gasteiger partial charge in [0.25, 0.3) is 0 Å². The topological polar surface area (TPSA) is 184 Å². The number of hydrogen-bond acceptors (Lipinski definition) is 14. The fourth-order valence-electron chi connectivity index (χ4n) is 15.7. The van der Waals surface area contributed by atoms with Crippen molar-refractivity contribution in [2.45, 2.75) is 298 Å². The molecule has 0 radical (unpaired) electrons. The molecule has 0 aromatic carbocycles. The lowest BCUT2D eigenvalue weighted by atomic mass is 9.54. The molecule has 82 heavy (non-hydrogen) atoms. The van der Waals surface area contributed by atoms with Crippen molar-refractivity contribution in [1.29, 1.82) is 0 Å². The molecule has 12 rings (SSSR count). The summed E-state index contributed by atoms with van der Waals surface area (Å²) in [6.07, 6.45) is 35.6. The first-order chi connectivity index (χ1) is 39.2. The van der Waals surface area contributed by atoms with Gasteiger partial charge in [-0.15, -0.1) is 0 Å². The van der Waals surface area contributed by atoms with Gasteiger partial charge < -0.3 is 33.2 Å². The molecular formula is C68H112O14. The van der Waals surface area contributed by atoms with Gasteiger partial charge in [-0.05, 0) is 234 Å². The van der Waals surface area contributed by atoms with E-state index in [0.717, 1.165) is 157 Å². The van der Waals surface area contributed by atoms with Crippen LogP contribution in [0.15, 0.2) is 0 Å². The summed E-state index contributed by atoms with van der Waals surface area (Å²) < 4.78 is 37.9. The Balaban J connectivity index is 0.000000167. The summed E-state index contributed by atoms with van der Waals surface area (Å²) in [5.41, 5.74) is -0.288. The smallest absolute Gasteiger partial charge is 0.344 e. The van der Waals surface area contributed by atoms with Crippen molar-refractivity contribution in [3.63, 3.8) is 0 Å². The van der Waals surface area contributed by atoms with Gasteiger partial charge in [0.15, 0.2) is 13.2 Å². The van der Waals surface area contributed by atoms with Crippen LogP contribution in [0.3, 0.4) is 0 Å². The highest BCUT2D eigenvalue weighted by Crippen LogP contribution is 2.58. The standard InChI is InChI=1S/C17H26O4.C15H24O2.C13H22O4.C12H20O2.C11H20O2/c1-3-11(2)16(19)20-10-15(18)21-17-7-12-4-13(8-17)6-14(5-12)9-17;1-3-10(2)14(16)17-15-7-11-4-12(8-15)6-13(5-11)9-15;1-3-10(2)13(15)16-9-12(14)17-11-7-5-4-6-8-11;1-3-8(2)12(13)14-11-7-9-4-5-10(11)6-9;1-3-9(2)11(12)13-10-7-5-4-6-8-10/h11-14H,3-10H2,1-2H3;10-13H,3-9H2,1-2H3;10-11H,3-9H2,1-2H3;8-11H,3-7H2,1-2H3;9-10H,3-8H2,1-2H3. The van der Waals surface area contributed by atoms with Crippen molar-refractivity contribution in [2.24, 2.45) is 76.9 Å². The summed E-state index contributed by atoms with van der Waals surface area (Å²) in [5.74, 6) is 4.88. The minimum absolute atomic E-state index is 0.00519. The fourth-order valence-corrected chi connectivity index (χ4v) is 15.7. The normalized spacial score (nSPS) is 32.5. The van der Waals surface area contributed by atoms with Gasteiger partial charge in [-0.2, -0.15) is 0 Å². The van der Waals surface area contributed by atoms with Crippen molar-refractivity contribution < 1.29 is 66.7 Å². The molecule has 0 heterocycles. The summed E-state index contributed by atoms with van der Waals surface area (Å²) in [4.78, 5) is 81.5. The van der Waals surface area contributed by atoms with Gasteiger partial charge >= 0.3 is 41.8 Å². The Bertz CT molecular complexity index is 1970. The van der Waals surface area contributed by atoms with E-state index in [4.69, 9.17) is 33.2 Å². The molecule has 0 amide bonds. The highest BCUT2D eigenvalue weighted by atomic mass is 16.6. The SMILES string of the molecule is CCC(C)C(=O)OC12CC3CC(CC(C3)C1)C2.CCC(C)C(=O)OC1CC2CCC1C2.CCC(C)C(=O)OC1CCCCC1.CCC(C)C(=O)OCC(=O)OC12CC3CC(CC(C3)C1)C2.CCC(C)C(=O)OCC(=O)OC1CCCCC1. The summed E-state index contributed by atoms with van der Waals surface area (Å²) in [6.45, 7) is 19.0. The number of fused-ring (bicyclic) bond motifs is 2. The first-order valence-corrected chi connectivity index (χ1v) is 33.6. The van der Waals surface area contributed by atoms with E-state index in [1.54, 1.807) is 6.92 Å². The van der Waals surface area contributed by atoms with Gasteiger partial charge in [-0.1, -0.05) is 82.1 Å². The van der Waals surface area contributed by atoms with E-state index in [0.29, 0.717) is 5.92 Å². The zero-order valence-corrected chi connectivity index (χ0v) is 52.8. The average molecular weight is 1150 g/mol. The minimum atomic E-state index is -0.423. The molecule has 10 bridgehead atoms. The zero-order chi connectivity index (χ0) is 59.6. The Labute approximate surface area is 494 Å². The quantitative estimate of drug-likeness (QED) is 0.0879. The van der Waals surface area contributed by atoms with Crippen molar-refractivity contribution in [1.82, 2.24) is 0 Å². The van der Waals surface area contributed by atoms with E-state index in [1.807, 2.05) is 55.4 Å². The third-order valence-corrected chi connectivity index (χ3v) is 21.0. The molecule has 8 atom stereocenters. The fraction of sp³-hybridized carbons (Fsp3) is 0.897. The lowest BCUT2D eigenvalue weighted by molar-refractivity contribution is -0.193. The van der Waals surface area contributed by atoms with Gasteiger partial charge in [-0.25, -0.2) is 9.59 Å². The van der Waals surface area contributed by atoms with Gasteiger partial charge in [0, 0.05) is 0 Å². The van der Waals surface area contributed by atoms with Gasteiger partial charge in [0.05, 0.1) is 29.6 Å². The minimum Gasteiger partial charge on any atom is -0.462 e. The largest absolute Gasteiger partial charge is 0.462 e. The van der Waals surface area contributed by atoms with Crippen molar-refractivity contribution >= 4 is 41.8 Å². The van der Waals surface area contributed by atoms with Gasteiger partial charge in [-0.3, -0.25) is 24.0 Å². The maximum Gasteiger partial charge on any atom is 0.344 e. The molecule has 12 saturated carbocycles. The molecule has 0 aromatic heterocycles. The molecule has 12 aliphatic rings. The van der Waals surface area contributed by atoms with E-state index >= 15 is 0 Å². The summed E-state index contributed by atoms with van der Waals surface area (Å²) in [5, 5.41) is 0. The number of rotatable bonds is 19. The third-order valence-electron chi connectivity index (χ3n) is 21.0. The van der Waals surface area contributed by atoms with E-state index in [-0.39, 0.29) is 108 Å². The monoisotopic (exact) mass is 1150 g/mol. The molecular weight excluding hydrogens is 1040 g/mol. The van der Waals surface area contributed by atoms with Crippen molar-refractivity contribution in [3.8, 4) is 0 Å². The van der Waals surface area contributed by atoms with E-state index in [9.17, 15) is 33.6 Å². The third kappa shape index (κ3) is 20.5. The van der Waals surface area contributed by atoms with Crippen LogP contribution in [0.1, 0.15) is 268 Å². The number of carbonyl (C=O) groups is 7. The molecule has 468 valence electrons. The molecule has 0 aliphatic heterocycles. The van der Waals surface area contributed by atoms with Crippen LogP contribution in [0, 0.1) is 76.9 Å². The lowest BCUT2D eigenvalue weighted by Gasteiger charge is -2.55. The van der Waals surface area contributed by atoms with Crippen LogP contribution in [-0.2, 0) is 66.7 Å². The Morgan fingerprint density at radius 1 is 0.354 bits per heavy atom. The first-order valence-electron chi connectivity index (χ1n) is 33.6. The van der Waals surface area contributed by atoms with Crippen LogP contribution in [-0.4, -0.2) is 84.5 Å². The highest BCUT2D eigenvalue weighted by molar-refractivity contribution is 5.78. The van der Waals surface area contributed by atoms with E-state index in [1.165, 1.54) is 83.5 Å². The van der Waals surface area contributed by atoms with E-state index < -0.39 is 5.97 Å². The van der Waals surface area contributed by atoms with Crippen LogP contribution >= 0.6 is 0 Å². The zero-order valence-electron chi connectivity index (χ0n) is 52.8. The number of hydrogen-bond donors (Lipinski definition) is 0. The van der Waals surface area contributed by atoms with Gasteiger partial charge in [0.1, 0.15) is 29.5 Å². The van der Waals surface area contributed by atoms with Crippen LogP contribution in [0.5, 0.6) is 0 Å². The molecule has 12 fully saturated rings. The average Bonchev–Trinajstić information content (AvgIpc) is 2.29. The Kier molecular flexibility index (Phi) is 26.9. The Morgan fingerprint density at radius 2 is 0.707 bits per heavy atom. The predicted octanol–water partition coefficient (Wildman–Crippen LogP) is 14.8. The second-order valence-electron chi connectivity index (χ2n) is 28.0. The second kappa shape index (κ2) is 32.7. The van der Waals surface area contributed by atoms with Crippen LogP contribution in [0.25, 0.3) is 0 Å². The molecule has 14 nitrogen and oxygen atoms in total. The lowest BCUT2D eigenvalue weighted by Crippen LogP contribution is -2.53. The predicted molar refractivity (Wildman–Crippen MR) is 314 cm³/mol. The van der Waals surface area contributed by atoms with Crippen LogP contribution < -0.4 is 0 Å². The van der Waals surface area contributed by atoms with E-state index in [2.05, 4.69) is 6.92 Å². The molecule has 0 N–H and O–H groups in total.